The maximum absolute atomic E-state index is 5.79. The standard InChI is InChI=1S/C13H20O3Si/c1-14-12-8-6-11(7-9-12)10-13(15-2)16-17(3,4)5/h6-10H,1-5H3/b13-10+. The van der Waals surface area contributed by atoms with Crippen molar-refractivity contribution in [3.05, 3.63) is 35.8 Å². The zero-order chi connectivity index (χ0) is 12.9. The summed E-state index contributed by atoms with van der Waals surface area (Å²) in [5.41, 5.74) is 1.03. The lowest BCUT2D eigenvalue weighted by Gasteiger charge is -2.20. The van der Waals surface area contributed by atoms with E-state index in [1.165, 1.54) is 0 Å². The summed E-state index contributed by atoms with van der Waals surface area (Å²) in [6.07, 6.45) is 1.89. The van der Waals surface area contributed by atoms with Crippen LogP contribution in [0, 0.1) is 0 Å². The van der Waals surface area contributed by atoms with Crippen molar-refractivity contribution in [2.75, 3.05) is 14.2 Å². The minimum absolute atomic E-state index is 0.564. The van der Waals surface area contributed by atoms with E-state index in [2.05, 4.69) is 19.6 Å². The van der Waals surface area contributed by atoms with Crippen LogP contribution in [0.15, 0.2) is 30.2 Å². The van der Waals surface area contributed by atoms with E-state index in [-0.39, 0.29) is 0 Å². The predicted molar refractivity (Wildman–Crippen MR) is 72.4 cm³/mol. The lowest BCUT2D eigenvalue weighted by atomic mass is 10.2. The van der Waals surface area contributed by atoms with Gasteiger partial charge in [-0.1, -0.05) is 12.1 Å². The van der Waals surface area contributed by atoms with E-state index in [0.717, 1.165) is 11.3 Å². The van der Waals surface area contributed by atoms with Crippen LogP contribution in [0.3, 0.4) is 0 Å². The Hall–Kier alpha value is -1.42. The molecule has 0 fully saturated rings. The SMILES string of the molecule is CO/C(=C\c1ccc(OC)cc1)O[Si](C)(C)C. The minimum Gasteiger partial charge on any atom is -0.520 e. The third kappa shape index (κ3) is 4.95. The molecule has 0 spiro atoms. The van der Waals surface area contributed by atoms with Crippen molar-refractivity contribution >= 4 is 14.4 Å². The molecule has 17 heavy (non-hydrogen) atoms. The van der Waals surface area contributed by atoms with Crippen LogP contribution in [0.2, 0.25) is 19.6 Å². The second kappa shape index (κ2) is 5.77. The van der Waals surface area contributed by atoms with Crippen molar-refractivity contribution in [3.8, 4) is 5.75 Å². The topological polar surface area (TPSA) is 27.7 Å². The van der Waals surface area contributed by atoms with Crippen LogP contribution in [-0.4, -0.2) is 22.5 Å². The zero-order valence-electron chi connectivity index (χ0n) is 11.1. The number of rotatable bonds is 5. The molecule has 0 N–H and O–H groups in total. The average molecular weight is 252 g/mol. The van der Waals surface area contributed by atoms with Gasteiger partial charge >= 0.3 is 0 Å². The molecule has 3 nitrogen and oxygen atoms in total. The summed E-state index contributed by atoms with van der Waals surface area (Å²) in [5.74, 6) is 1.40. The van der Waals surface area contributed by atoms with Gasteiger partial charge in [-0.2, -0.15) is 0 Å². The molecule has 0 aromatic heterocycles. The molecule has 0 atom stereocenters. The highest BCUT2D eigenvalue weighted by molar-refractivity contribution is 6.70. The molecule has 0 radical (unpaired) electrons. The molecule has 4 heteroatoms. The van der Waals surface area contributed by atoms with Gasteiger partial charge in [-0.25, -0.2) is 0 Å². The first-order chi connectivity index (χ1) is 7.94. The number of hydrogen-bond acceptors (Lipinski definition) is 3. The van der Waals surface area contributed by atoms with Gasteiger partial charge < -0.3 is 13.9 Å². The zero-order valence-corrected chi connectivity index (χ0v) is 12.1. The highest BCUT2D eigenvalue weighted by Crippen LogP contribution is 2.17. The second-order valence-electron chi connectivity index (χ2n) is 4.66. The normalized spacial score (nSPS) is 12.2. The molecule has 1 rings (SSSR count). The average Bonchev–Trinajstić information content (AvgIpc) is 2.27. The molecule has 1 aromatic rings. The van der Waals surface area contributed by atoms with Crippen molar-refractivity contribution in [3.63, 3.8) is 0 Å². The van der Waals surface area contributed by atoms with Crippen LogP contribution in [0.25, 0.3) is 6.08 Å². The van der Waals surface area contributed by atoms with Crippen molar-refractivity contribution in [2.24, 2.45) is 0 Å². The van der Waals surface area contributed by atoms with Crippen molar-refractivity contribution < 1.29 is 13.9 Å². The summed E-state index contributed by atoms with van der Waals surface area (Å²) in [5, 5.41) is 0. The largest absolute Gasteiger partial charge is 0.520 e. The van der Waals surface area contributed by atoms with Crippen LogP contribution < -0.4 is 4.74 Å². The molecule has 0 saturated heterocycles. The molecule has 0 bridgehead atoms. The lowest BCUT2D eigenvalue weighted by Crippen LogP contribution is -2.25. The van der Waals surface area contributed by atoms with Gasteiger partial charge in [0.25, 0.3) is 5.95 Å². The Labute approximate surface area is 104 Å². The summed E-state index contributed by atoms with van der Waals surface area (Å²) < 4.78 is 16.1. The van der Waals surface area contributed by atoms with Crippen LogP contribution in [0.1, 0.15) is 5.56 Å². The summed E-state index contributed by atoms with van der Waals surface area (Å²) in [7, 11) is 1.64. The van der Waals surface area contributed by atoms with Crippen molar-refractivity contribution in [1.29, 1.82) is 0 Å². The Bertz CT molecular complexity index is 377. The van der Waals surface area contributed by atoms with Gasteiger partial charge in [-0.05, 0) is 37.3 Å². The van der Waals surface area contributed by atoms with E-state index in [1.54, 1.807) is 14.2 Å². The van der Waals surface area contributed by atoms with Gasteiger partial charge in [0.1, 0.15) is 5.75 Å². The molecule has 0 amide bonds. The second-order valence-corrected chi connectivity index (χ2v) is 9.08. The fraction of sp³-hybridized carbons (Fsp3) is 0.385. The molecular weight excluding hydrogens is 232 g/mol. The quantitative estimate of drug-likeness (QED) is 0.593. The first-order valence-corrected chi connectivity index (χ1v) is 8.94. The Morgan fingerprint density at radius 1 is 1.06 bits per heavy atom. The summed E-state index contributed by atoms with van der Waals surface area (Å²) >= 11 is 0. The molecular formula is C13H20O3Si. The van der Waals surface area contributed by atoms with Crippen LogP contribution in [0.5, 0.6) is 5.75 Å². The summed E-state index contributed by atoms with van der Waals surface area (Å²) in [6, 6.07) is 7.75. The Morgan fingerprint density at radius 2 is 1.65 bits per heavy atom. The maximum Gasteiger partial charge on any atom is 0.265 e. The van der Waals surface area contributed by atoms with Gasteiger partial charge in [-0.3, -0.25) is 0 Å². The fourth-order valence-electron chi connectivity index (χ4n) is 1.27. The highest BCUT2D eigenvalue weighted by Gasteiger charge is 2.18. The summed E-state index contributed by atoms with van der Waals surface area (Å²) in [4.78, 5) is 0. The first-order valence-electron chi connectivity index (χ1n) is 5.53. The molecule has 0 heterocycles. The highest BCUT2D eigenvalue weighted by atomic mass is 28.4. The van der Waals surface area contributed by atoms with E-state index in [4.69, 9.17) is 13.9 Å². The third-order valence-electron chi connectivity index (χ3n) is 2.01. The Kier molecular flexibility index (Phi) is 4.63. The maximum atomic E-state index is 5.79. The molecule has 0 unspecified atom stereocenters. The van der Waals surface area contributed by atoms with Crippen LogP contribution >= 0.6 is 0 Å². The third-order valence-corrected chi connectivity index (χ3v) is 2.82. The molecule has 0 aliphatic carbocycles. The molecule has 1 aromatic carbocycles. The molecule has 0 aliphatic rings. The molecule has 94 valence electrons. The van der Waals surface area contributed by atoms with Gasteiger partial charge in [0.15, 0.2) is 0 Å². The van der Waals surface area contributed by atoms with E-state index in [1.807, 2.05) is 30.3 Å². The minimum atomic E-state index is -1.63. The summed E-state index contributed by atoms with van der Waals surface area (Å²) in [6.45, 7) is 6.36. The van der Waals surface area contributed by atoms with Crippen LogP contribution in [-0.2, 0) is 9.16 Å². The molecule has 0 saturated carbocycles. The lowest BCUT2D eigenvalue weighted by molar-refractivity contribution is 0.152. The van der Waals surface area contributed by atoms with E-state index in [0.29, 0.717) is 5.95 Å². The van der Waals surface area contributed by atoms with Gasteiger partial charge in [-0.15, -0.1) is 0 Å². The number of ether oxygens (including phenoxy) is 2. The number of hydrogen-bond donors (Lipinski definition) is 0. The van der Waals surface area contributed by atoms with E-state index in [9.17, 15) is 0 Å². The smallest absolute Gasteiger partial charge is 0.265 e. The Morgan fingerprint density at radius 3 is 2.06 bits per heavy atom. The van der Waals surface area contributed by atoms with Crippen molar-refractivity contribution in [2.45, 2.75) is 19.6 Å². The number of benzene rings is 1. The van der Waals surface area contributed by atoms with E-state index < -0.39 is 8.32 Å². The van der Waals surface area contributed by atoms with Crippen molar-refractivity contribution in [1.82, 2.24) is 0 Å². The van der Waals surface area contributed by atoms with Gasteiger partial charge in [0.2, 0.25) is 8.32 Å². The van der Waals surface area contributed by atoms with Crippen LogP contribution in [0.4, 0.5) is 0 Å². The molecule has 0 aliphatic heterocycles. The Balaban J connectivity index is 2.83. The first kappa shape index (κ1) is 13.6. The van der Waals surface area contributed by atoms with E-state index >= 15 is 0 Å². The predicted octanol–water partition coefficient (Wildman–Crippen LogP) is 3.49. The van der Waals surface area contributed by atoms with Gasteiger partial charge in [0, 0.05) is 6.08 Å². The van der Waals surface area contributed by atoms with Gasteiger partial charge in [0.05, 0.1) is 14.2 Å². The fourth-order valence-corrected chi connectivity index (χ4v) is 2.01. The number of methoxy groups -OCH3 is 2. The monoisotopic (exact) mass is 252 g/mol.